The number of ether oxygens (including phenoxy) is 2. The maximum Gasteiger partial charge on any atom is 0.125 e. The van der Waals surface area contributed by atoms with Crippen LogP contribution in [0.15, 0.2) is 18.2 Å². The Balaban J connectivity index is 2.55. The molecule has 0 aliphatic heterocycles. The molecule has 1 aromatic rings. The molecule has 0 N–H and O–H groups in total. The third kappa shape index (κ3) is 4.34. The maximum absolute atomic E-state index is 10.3. The predicted octanol–water partition coefficient (Wildman–Crippen LogP) is 1.17. The van der Waals surface area contributed by atoms with Crippen LogP contribution in [-0.4, -0.2) is 20.2 Å². The van der Waals surface area contributed by atoms with E-state index in [2.05, 4.69) is 0 Å². The monoisotopic (exact) mass is 237 g/mol. The van der Waals surface area contributed by atoms with E-state index in [1.54, 1.807) is 14.2 Å². The van der Waals surface area contributed by atoms with Gasteiger partial charge in [0.25, 0.3) is 0 Å². The summed E-state index contributed by atoms with van der Waals surface area (Å²) in [5.74, 6) is 0.532. The molecule has 0 saturated heterocycles. The van der Waals surface area contributed by atoms with Gasteiger partial charge in [0.05, 0.1) is 14.2 Å². The second-order valence-electron chi connectivity index (χ2n) is 3.76. The normalized spacial score (nSPS) is 10.0. The molecule has 0 bridgehead atoms. The Hall–Kier alpha value is -1.71. The number of methoxy groups -OCH3 is 2. The molecular weight excluding hydrogens is 220 g/mol. The summed E-state index contributed by atoms with van der Waals surface area (Å²) in [7, 11) is 3.22. The topological polar surface area (TPSA) is 58.6 Å². The highest BCUT2D eigenvalue weighted by molar-refractivity contribution is 5.64. The van der Waals surface area contributed by atoms with Crippen LogP contribution >= 0.6 is 0 Å². The van der Waals surface area contributed by atoms with Crippen molar-refractivity contribution in [1.82, 2.24) is 0 Å². The number of unbranched alkanes of at least 4 members (excludes halogenated alkanes) is 1. The molecule has 0 aliphatic carbocycles. The first-order valence-electron chi connectivity index (χ1n) is 5.58. The van der Waals surface area contributed by atoms with Crippen molar-refractivity contribution in [3.63, 3.8) is 0 Å². The lowest BCUT2D eigenvalue weighted by molar-refractivity contribution is -0.305. The fourth-order valence-electron chi connectivity index (χ4n) is 1.64. The minimum Gasteiger partial charge on any atom is -0.550 e. The van der Waals surface area contributed by atoms with E-state index < -0.39 is 5.97 Å². The van der Waals surface area contributed by atoms with E-state index >= 15 is 0 Å². The number of carboxylic acids is 1. The summed E-state index contributed by atoms with van der Waals surface area (Å²) in [6.07, 6.45) is 2.33. The van der Waals surface area contributed by atoms with Gasteiger partial charge in [-0.1, -0.05) is 6.07 Å². The van der Waals surface area contributed by atoms with Crippen LogP contribution in [0.4, 0.5) is 0 Å². The Morgan fingerprint density at radius 3 is 2.59 bits per heavy atom. The number of carbonyl (C=O) groups excluding carboxylic acids is 1. The molecule has 0 heterocycles. The Morgan fingerprint density at radius 2 is 2.00 bits per heavy atom. The van der Waals surface area contributed by atoms with Gasteiger partial charge in [-0.3, -0.25) is 0 Å². The Kier molecular flexibility index (Phi) is 5.33. The molecule has 0 aromatic heterocycles. The van der Waals surface area contributed by atoms with Crippen molar-refractivity contribution < 1.29 is 19.4 Å². The van der Waals surface area contributed by atoms with Gasteiger partial charge in [-0.05, 0) is 37.3 Å². The number of aliphatic carboxylic acids is 1. The lowest BCUT2D eigenvalue weighted by atomic mass is 10.1. The molecule has 0 aliphatic rings. The average Bonchev–Trinajstić information content (AvgIpc) is 2.34. The fraction of sp³-hybridized carbons (Fsp3) is 0.462. The third-order valence-corrected chi connectivity index (χ3v) is 2.57. The summed E-state index contributed by atoms with van der Waals surface area (Å²) >= 11 is 0. The van der Waals surface area contributed by atoms with Crippen molar-refractivity contribution in [2.75, 3.05) is 14.2 Å². The number of hydrogen-bond donors (Lipinski definition) is 0. The van der Waals surface area contributed by atoms with Gasteiger partial charge in [-0.25, -0.2) is 0 Å². The molecule has 1 rings (SSSR count). The van der Waals surface area contributed by atoms with E-state index in [-0.39, 0.29) is 6.42 Å². The minimum atomic E-state index is -0.994. The van der Waals surface area contributed by atoms with E-state index in [0.29, 0.717) is 6.42 Å². The molecule has 4 heteroatoms. The quantitative estimate of drug-likeness (QED) is 0.668. The first-order chi connectivity index (χ1) is 8.17. The van der Waals surface area contributed by atoms with Crippen LogP contribution in [0.25, 0.3) is 0 Å². The summed E-state index contributed by atoms with van der Waals surface area (Å²) in [6, 6.07) is 5.64. The van der Waals surface area contributed by atoms with Gasteiger partial charge in [0.1, 0.15) is 11.5 Å². The second-order valence-corrected chi connectivity index (χ2v) is 3.76. The van der Waals surface area contributed by atoms with E-state index in [0.717, 1.165) is 29.9 Å². The van der Waals surface area contributed by atoms with E-state index in [9.17, 15) is 9.90 Å². The number of benzene rings is 1. The van der Waals surface area contributed by atoms with Crippen molar-refractivity contribution in [3.8, 4) is 11.5 Å². The highest BCUT2D eigenvalue weighted by Crippen LogP contribution is 2.25. The number of carboxylic acid groups (broad SMARTS) is 1. The van der Waals surface area contributed by atoms with Gasteiger partial charge < -0.3 is 19.4 Å². The molecule has 0 atom stereocenters. The van der Waals surface area contributed by atoms with E-state index in [1.807, 2.05) is 18.2 Å². The third-order valence-electron chi connectivity index (χ3n) is 2.57. The zero-order valence-corrected chi connectivity index (χ0v) is 10.2. The van der Waals surface area contributed by atoms with E-state index in [1.165, 1.54) is 0 Å². The second kappa shape index (κ2) is 6.78. The standard InChI is InChI=1S/C13H18O4/c1-16-11-8-7-10(12(9-11)17-2)5-3-4-6-13(14)15/h7-9H,3-6H2,1-2H3,(H,14,15)/p-1. The zero-order valence-electron chi connectivity index (χ0n) is 10.2. The van der Waals surface area contributed by atoms with Gasteiger partial charge in [-0.15, -0.1) is 0 Å². The summed E-state index contributed by atoms with van der Waals surface area (Å²) in [6.45, 7) is 0. The summed E-state index contributed by atoms with van der Waals surface area (Å²) in [5.41, 5.74) is 1.06. The molecule has 0 radical (unpaired) electrons. The van der Waals surface area contributed by atoms with Gasteiger partial charge in [-0.2, -0.15) is 0 Å². The predicted molar refractivity (Wildman–Crippen MR) is 62.1 cm³/mol. The fourth-order valence-corrected chi connectivity index (χ4v) is 1.64. The number of aryl methyl sites for hydroxylation is 1. The smallest absolute Gasteiger partial charge is 0.125 e. The lowest BCUT2D eigenvalue weighted by Gasteiger charge is -2.10. The highest BCUT2D eigenvalue weighted by Gasteiger charge is 2.04. The van der Waals surface area contributed by atoms with Crippen molar-refractivity contribution in [2.24, 2.45) is 0 Å². The van der Waals surface area contributed by atoms with Gasteiger partial charge in [0.2, 0.25) is 0 Å². The van der Waals surface area contributed by atoms with Crippen LogP contribution in [0.3, 0.4) is 0 Å². The molecule has 0 amide bonds. The highest BCUT2D eigenvalue weighted by atomic mass is 16.5. The van der Waals surface area contributed by atoms with E-state index in [4.69, 9.17) is 9.47 Å². The van der Waals surface area contributed by atoms with Crippen molar-refractivity contribution >= 4 is 5.97 Å². The van der Waals surface area contributed by atoms with Crippen LogP contribution in [-0.2, 0) is 11.2 Å². The van der Waals surface area contributed by atoms with Crippen LogP contribution < -0.4 is 14.6 Å². The van der Waals surface area contributed by atoms with Crippen LogP contribution in [0.5, 0.6) is 11.5 Å². The molecule has 0 spiro atoms. The summed E-state index contributed by atoms with van der Waals surface area (Å²) in [5, 5.41) is 10.3. The molecular formula is C13H17O4-. The zero-order chi connectivity index (χ0) is 12.7. The Labute approximate surface area is 101 Å². The van der Waals surface area contributed by atoms with Crippen LogP contribution in [0.1, 0.15) is 24.8 Å². The minimum absolute atomic E-state index is 0.110. The first kappa shape index (κ1) is 13.4. The van der Waals surface area contributed by atoms with Gasteiger partial charge in [0.15, 0.2) is 0 Å². The largest absolute Gasteiger partial charge is 0.550 e. The van der Waals surface area contributed by atoms with Gasteiger partial charge in [0, 0.05) is 12.0 Å². The van der Waals surface area contributed by atoms with Crippen molar-refractivity contribution in [1.29, 1.82) is 0 Å². The van der Waals surface area contributed by atoms with Crippen LogP contribution in [0, 0.1) is 0 Å². The van der Waals surface area contributed by atoms with Crippen molar-refractivity contribution in [3.05, 3.63) is 23.8 Å². The van der Waals surface area contributed by atoms with Crippen molar-refractivity contribution in [2.45, 2.75) is 25.7 Å². The summed E-state index contributed by atoms with van der Waals surface area (Å²) < 4.78 is 10.4. The molecule has 0 unspecified atom stereocenters. The van der Waals surface area contributed by atoms with Gasteiger partial charge >= 0.3 is 0 Å². The molecule has 0 saturated carbocycles. The molecule has 1 aromatic carbocycles. The first-order valence-corrected chi connectivity index (χ1v) is 5.58. The Morgan fingerprint density at radius 1 is 1.24 bits per heavy atom. The molecule has 0 fully saturated rings. The number of rotatable bonds is 7. The Bertz CT molecular complexity index is 374. The summed E-state index contributed by atoms with van der Waals surface area (Å²) in [4.78, 5) is 10.3. The molecule has 94 valence electrons. The lowest BCUT2D eigenvalue weighted by Crippen LogP contribution is -2.21. The number of carbonyl (C=O) groups is 1. The molecule has 17 heavy (non-hydrogen) atoms. The number of hydrogen-bond acceptors (Lipinski definition) is 4. The van der Waals surface area contributed by atoms with Crippen LogP contribution in [0.2, 0.25) is 0 Å². The maximum atomic E-state index is 10.3. The SMILES string of the molecule is COc1ccc(CCCCC(=O)[O-])c(OC)c1. The average molecular weight is 237 g/mol. The molecule has 4 nitrogen and oxygen atoms in total.